The van der Waals surface area contributed by atoms with Crippen LogP contribution in [0.2, 0.25) is 0 Å². The molecule has 0 spiro atoms. The molecule has 0 aromatic heterocycles. The Labute approximate surface area is 96.0 Å². The summed E-state index contributed by atoms with van der Waals surface area (Å²) in [5.41, 5.74) is 0. The molecule has 2 atom stereocenters. The number of aliphatic carboxylic acids is 1. The monoisotopic (exact) mass is 228 g/mol. The Bertz CT molecular complexity index is 249. The van der Waals surface area contributed by atoms with Crippen molar-refractivity contribution in [3.05, 3.63) is 0 Å². The minimum atomic E-state index is -0.786. The van der Waals surface area contributed by atoms with E-state index in [2.05, 4.69) is 0 Å². The minimum Gasteiger partial charge on any atom is -0.481 e. The van der Waals surface area contributed by atoms with Crippen LogP contribution in [0.4, 0.5) is 0 Å². The third-order valence-electron chi connectivity index (χ3n) is 3.10. The molecule has 0 saturated heterocycles. The van der Waals surface area contributed by atoms with Gasteiger partial charge in [-0.25, -0.2) is 0 Å². The van der Waals surface area contributed by atoms with Crippen molar-refractivity contribution in [2.24, 2.45) is 11.8 Å². The molecule has 0 radical (unpaired) electrons. The Balaban J connectivity index is 2.35. The highest BCUT2D eigenvalue weighted by Gasteiger charge is 2.31. The summed E-state index contributed by atoms with van der Waals surface area (Å²) in [6.07, 6.45) is 4.59. The molecule has 1 fully saturated rings. The number of carbonyl (C=O) groups excluding carboxylic acids is 1. The standard InChI is InChI=1S/C12H20O4/c1-2-3-7-16-12(15)10-6-4-5-9(8-10)11(13)14/h9-10H,2-8H2,1H3,(H,13,14)/t9-,10+/m0/s1. The highest BCUT2D eigenvalue weighted by molar-refractivity contribution is 5.75. The van der Waals surface area contributed by atoms with Crippen molar-refractivity contribution < 1.29 is 19.4 Å². The molecule has 0 heterocycles. The van der Waals surface area contributed by atoms with Gasteiger partial charge in [0.2, 0.25) is 0 Å². The molecular formula is C12H20O4. The third kappa shape index (κ3) is 3.83. The van der Waals surface area contributed by atoms with Crippen LogP contribution in [0.15, 0.2) is 0 Å². The van der Waals surface area contributed by atoms with Crippen LogP contribution < -0.4 is 0 Å². The Morgan fingerprint density at radius 2 is 2.00 bits per heavy atom. The Morgan fingerprint density at radius 1 is 1.31 bits per heavy atom. The van der Waals surface area contributed by atoms with Crippen molar-refractivity contribution in [1.29, 1.82) is 0 Å². The van der Waals surface area contributed by atoms with Crippen LogP contribution in [0.3, 0.4) is 0 Å². The summed E-state index contributed by atoms with van der Waals surface area (Å²) in [5, 5.41) is 8.90. The number of carbonyl (C=O) groups is 2. The van der Waals surface area contributed by atoms with E-state index in [0.717, 1.165) is 25.7 Å². The lowest BCUT2D eigenvalue weighted by Gasteiger charge is -2.24. The Kier molecular flexibility index (Phi) is 5.29. The Morgan fingerprint density at radius 3 is 2.62 bits per heavy atom. The lowest BCUT2D eigenvalue weighted by molar-refractivity contribution is -0.152. The maximum Gasteiger partial charge on any atom is 0.308 e. The van der Waals surface area contributed by atoms with Gasteiger partial charge in [-0.15, -0.1) is 0 Å². The molecule has 0 unspecified atom stereocenters. The summed E-state index contributed by atoms with van der Waals surface area (Å²) in [5.74, 6) is -1.56. The average Bonchev–Trinajstić information content (AvgIpc) is 2.29. The molecule has 1 N–H and O–H groups in total. The van der Waals surface area contributed by atoms with Gasteiger partial charge in [0.05, 0.1) is 18.4 Å². The van der Waals surface area contributed by atoms with Gasteiger partial charge < -0.3 is 9.84 Å². The average molecular weight is 228 g/mol. The predicted molar refractivity (Wildman–Crippen MR) is 59.0 cm³/mol. The summed E-state index contributed by atoms with van der Waals surface area (Å²) in [6.45, 7) is 2.50. The maximum absolute atomic E-state index is 11.6. The highest BCUT2D eigenvalue weighted by Crippen LogP contribution is 2.30. The minimum absolute atomic E-state index is 0.202. The lowest BCUT2D eigenvalue weighted by Crippen LogP contribution is -2.28. The maximum atomic E-state index is 11.6. The predicted octanol–water partition coefficient (Wildman–Crippen LogP) is 2.22. The lowest BCUT2D eigenvalue weighted by atomic mass is 9.81. The number of carboxylic acids is 1. The molecule has 1 aliphatic rings. The molecule has 1 saturated carbocycles. The zero-order valence-corrected chi connectivity index (χ0v) is 9.78. The second kappa shape index (κ2) is 6.51. The van der Waals surface area contributed by atoms with Gasteiger partial charge >= 0.3 is 11.9 Å². The SMILES string of the molecule is CCCCOC(=O)[C@@H]1CCC[C@H](C(=O)O)C1. The van der Waals surface area contributed by atoms with E-state index in [1.165, 1.54) is 0 Å². The smallest absolute Gasteiger partial charge is 0.308 e. The van der Waals surface area contributed by atoms with E-state index in [-0.39, 0.29) is 17.8 Å². The molecule has 1 rings (SSSR count). The van der Waals surface area contributed by atoms with Gasteiger partial charge in [-0.3, -0.25) is 9.59 Å². The van der Waals surface area contributed by atoms with Gasteiger partial charge in [-0.1, -0.05) is 19.8 Å². The van der Waals surface area contributed by atoms with Crippen LogP contribution >= 0.6 is 0 Å². The third-order valence-corrected chi connectivity index (χ3v) is 3.10. The summed E-state index contributed by atoms with van der Waals surface area (Å²) in [6, 6.07) is 0. The second-order valence-corrected chi connectivity index (χ2v) is 4.42. The van der Waals surface area contributed by atoms with E-state index >= 15 is 0 Å². The first-order valence-corrected chi connectivity index (χ1v) is 6.04. The molecule has 0 aromatic rings. The van der Waals surface area contributed by atoms with E-state index in [1.54, 1.807) is 0 Å². The molecular weight excluding hydrogens is 208 g/mol. The summed E-state index contributed by atoms with van der Waals surface area (Å²) < 4.78 is 5.12. The Hall–Kier alpha value is -1.06. The van der Waals surface area contributed by atoms with E-state index in [1.807, 2.05) is 6.92 Å². The summed E-state index contributed by atoms with van der Waals surface area (Å²) >= 11 is 0. The fraction of sp³-hybridized carbons (Fsp3) is 0.833. The number of unbranched alkanes of at least 4 members (excludes halogenated alkanes) is 1. The zero-order valence-electron chi connectivity index (χ0n) is 9.78. The van der Waals surface area contributed by atoms with Crippen LogP contribution in [0.25, 0.3) is 0 Å². The van der Waals surface area contributed by atoms with Crippen LogP contribution in [0.1, 0.15) is 45.4 Å². The number of hydrogen-bond donors (Lipinski definition) is 1. The number of carboxylic acid groups (broad SMARTS) is 1. The molecule has 0 bridgehead atoms. The quantitative estimate of drug-likeness (QED) is 0.579. The van der Waals surface area contributed by atoms with Crippen molar-refractivity contribution >= 4 is 11.9 Å². The summed E-state index contributed by atoms with van der Waals surface area (Å²) in [4.78, 5) is 22.5. The molecule has 0 aromatic carbocycles. The van der Waals surface area contributed by atoms with Crippen LogP contribution in [0.5, 0.6) is 0 Å². The van der Waals surface area contributed by atoms with Crippen LogP contribution in [-0.4, -0.2) is 23.7 Å². The van der Waals surface area contributed by atoms with Crippen molar-refractivity contribution in [1.82, 2.24) is 0 Å². The van der Waals surface area contributed by atoms with E-state index < -0.39 is 5.97 Å². The highest BCUT2D eigenvalue weighted by atomic mass is 16.5. The van der Waals surface area contributed by atoms with Crippen molar-refractivity contribution in [2.75, 3.05) is 6.61 Å². The number of ether oxygens (including phenoxy) is 1. The number of rotatable bonds is 5. The zero-order chi connectivity index (χ0) is 12.0. The number of esters is 1. The largest absolute Gasteiger partial charge is 0.481 e. The molecule has 16 heavy (non-hydrogen) atoms. The first kappa shape index (κ1) is 13.0. The second-order valence-electron chi connectivity index (χ2n) is 4.42. The fourth-order valence-corrected chi connectivity index (χ4v) is 2.06. The van der Waals surface area contributed by atoms with Crippen LogP contribution in [0, 0.1) is 11.8 Å². The first-order valence-electron chi connectivity index (χ1n) is 6.04. The van der Waals surface area contributed by atoms with Crippen molar-refractivity contribution in [3.8, 4) is 0 Å². The van der Waals surface area contributed by atoms with Gasteiger partial charge in [0.25, 0.3) is 0 Å². The van der Waals surface area contributed by atoms with E-state index in [0.29, 0.717) is 19.4 Å². The van der Waals surface area contributed by atoms with Crippen LogP contribution in [-0.2, 0) is 14.3 Å². The molecule has 0 aliphatic heterocycles. The number of hydrogen-bond acceptors (Lipinski definition) is 3. The van der Waals surface area contributed by atoms with Crippen molar-refractivity contribution in [3.63, 3.8) is 0 Å². The topological polar surface area (TPSA) is 63.6 Å². The molecule has 4 nitrogen and oxygen atoms in total. The van der Waals surface area contributed by atoms with Gasteiger partial charge in [-0.05, 0) is 25.7 Å². The molecule has 4 heteroatoms. The van der Waals surface area contributed by atoms with Gasteiger partial charge in [0, 0.05) is 0 Å². The normalized spacial score (nSPS) is 25.1. The fourth-order valence-electron chi connectivity index (χ4n) is 2.06. The van der Waals surface area contributed by atoms with Crippen molar-refractivity contribution in [2.45, 2.75) is 45.4 Å². The van der Waals surface area contributed by atoms with Gasteiger partial charge in [0.1, 0.15) is 0 Å². The van der Waals surface area contributed by atoms with E-state index in [4.69, 9.17) is 9.84 Å². The van der Waals surface area contributed by atoms with E-state index in [9.17, 15) is 9.59 Å². The molecule has 92 valence electrons. The molecule has 1 aliphatic carbocycles. The van der Waals surface area contributed by atoms with Gasteiger partial charge in [-0.2, -0.15) is 0 Å². The van der Waals surface area contributed by atoms with Gasteiger partial charge in [0.15, 0.2) is 0 Å². The first-order chi connectivity index (χ1) is 7.65. The summed E-state index contributed by atoms with van der Waals surface area (Å²) in [7, 11) is 0. The molecule has 0 amide bonds.